The first kappa shape index (κ1) is 17.9. The molecular formula is C19H26N4O. The van der Waals surface area contributed by atoms with Crippen LogP contribution in [0.4, 0.5) is 0 Å². The molecule has 24 heavy (non-hydrogen) atoms. The highest BCUT2D eigenvalue weighted by atomic mass is 16.5. The van der Waals surface area contributed by atoms with Crippen LogP contribution in [0.2, 0.25) is 0 Å². The fourth-order valence-electron chi connectivity index (χ4n) is 2.20. The maximum absolute atomic E-state index is 5.84. The summed E-state index contributed by atoms with van der Waals surface area (Å²) in [7, 11) is 0. The maximum Gasteiger partial charge on any atom is 0.188 e. The summed E-state index contributed by atoms with van der Waals surface area (Å²) in [6, 6.07) is 16.1. The molecule has 0 aliphatic heterocycles. The van der Waals surface area contributed by atoms with Gasteiger partial charge in [-0.05, 0) is 30.5 Å². The molecule has 3 N–H and O–H groups in total. The molecule has 0 fully saturated rings. The molecule has 0 atom stereocenters. The number of hydrogen-bond donors (Lipinski definition) is 2. The molecule has 5 nitrogen and oxygen atoms in total. The van der Waals surface area contributed by atoms with Gasteiger partial charge in [0.15, 0.2) is 5.96 Å². The molecule has 2 aromatic rings. The first-order valence-corrected chi connectivity index (χ1v) is 8.40. The summed E-state index contributed by atoms with van der Waals surface area (Å²) in [5.41, 5.74) is 8.10. The topological polar surface area (TPSA) is 72.5 Å². The monoisotopic (exact) mass is 326 g/mol. The van der Waals surface area contributed by atoms with Crippen LogP contribution in [0.1, 0.15) is 24.1 Å². The van der Waals surface area contributed by atoms with E-state index in [1.165, 1.54) is 5.56 Å². The average molecular weight is 326 g/mol. The first-order valence-electron chi connectivity index (χ1n) is 8.40. The standard InChI is InChI=1S/C19H26N4O/c20-19(23-14-11-18-10-4-5-12-21-18)22-13-6-7-15-24-16-17-8-2-1-3-9-17/h1-5,8-10,12H,6-7,11,13-16H2,(H3,20,22,23). The molecule has 128 valence electrons. The smallest absolute Gasteiger partial charge is 0.188 e. The lowest BCUT2D eigenvalue weighted by molar-refractivity contribution is 0.117. The van der Waals surface area contributed by atoms with Gasteiger partial charge in [0.05, 0.1) is 6.61 Å². The normalized spacial score (nSPS) is 11.4. The van der Waals surface area contributed by atoms with E-state index < -0.39 is 0 Å². The molecule has 0 aliphatic carbocycles. The van der Waals surface area contributed by atoms with Crippen LogP contribution in [-0.4, -0.2) is 30.6 Å². The number of unbranched alkanes of at least 4 members (excludes halogenated alkanes) is 1. The molecule has 0 saturated carbocycles. The number of pyridine rings is 1. The molecule has 0 bridgehead atoms. The Bertz CT molecular complexity index is 587. The SMILES string of the molecule is NC(=NCCCCOCc1ccccc1)NCCc1ccccn1. The van der Waals surface area contributed by atoms with Gasteiger partial charge < -0.3 is 15.8 Å². The number of benzene rings is 1. The Labute approximate surface area is 144 Å². The number of hydrogen-bond acceptors (Lipinski definition) is 3. The predicted octanol–water partition coefficient (Wildman–Crippen LogP) is 2.53. The van der Waals surface area contributed by atoms with Crippen molar-refractivity contribution in [2.24, 2.45) is 10.7 Å². The number of aromatic nitrogens is 1. The van der Waals surface area contributed by atoms with Crippen molar-refractivity contribution in [1.29, 1.82) is 0 Å². The highest BCUT2D eigenvalue weighted by molar-refractivity contribution is 5.77. The third-order valence-electron chi connectivity index (χ3n) is 3.50. The predicted molar refractivity (Wildman–Crippen MR) is 97.8 cm³/mol. The summed E-state index contributed by atoms with van der Waals surface area (Å²) in [4.78, 5) is 8.59. The molecule has 1 heterocycles. The Balaban J connectivity index is 1.47. The second-order valence-electron chi connectivity index (χ2n) is 5.51. The van der Waals surface area contributed by atoms with Crippen LogP contribution < -0.4 is 11.1 Å². The van der Waals surface area contributed by atoms with E-state index in [-0.39, 0.29) is 0 Å². The highest BCUT2D eigenvalue weighted by Gasteiger charge is 1.95. The van der Waals surface area contributed by atoms with E-state index in [2.05, 4.69) is 27.4 Å². The van der Waals surface area contributed by atoms with Crippen LogP contribution >= 0.6 is 0 Å². The number of nitrogens with one attached hydrogen (secondary N) is 1. The van der Waals surface area contributed by atoms with E-state index in [0.717, 1.165) is 44.7 Å². The molecule has 0 aliphatic rings. The van der Waals surface area contributed by atoms with Gasteiger partial charge in [0.1, 0.15) is 0 Å². The van der Waals surface area contributed by atoms with E-state index in [1.807, 2.05) is 36.4 Å². The van der Waals surface area contributed by atoms with Crippen LogP contribution in [-0.2, 0) is 17.8 Å². The minimum atomic E-state index is 0.496. The van der Waals surface area contributed by atoms with E-state index in [9.17, 15) is 0 Å². The molecule has 5 heteroatoms. The minimum absolute atomic E-state index is 0.496. The molecule has 1 aromatic heterocycles. The summed E-state index contributed by atoms with van der Waals surface area (Å²) < 4.78 is 5.64. The van der Waals surface area contributed by atoms with Crippen molar-refractivity contribution >= 4 is 5.96 Å². The summed E-state index contributed by atoms with van der Waals surface area (Å²) in [6.45, 7) is 2.88. The largest absolute Gasteiger partial charge is 0.377 e. The number of guanidine groups is 1. The van der Waals surface area contributed by atoms with Gasteiger partial charge >= 0.3 is 0 Å². The number of nitrogens with two attached hydrogens (primary N) is 1. The number of aliphatic imine (C=N–C) groups is 1. The van der Waals surface area contributed by atoms with E-state index in [0.29, 0.717) is 12.6 Å². The third-order valence-corrected chi connectivity index (χ3v) is 3.50. The Morgan fingerprint density at radius 1 is 1.08 bits per heavy atom. The molecule has 0 radical (unpaired) electrons. The van der Waals surface area contributed by atoms with Crippen molar-refractivity contribution in [3.8, 4) is 0 Å². The van der Waals surface area contributed by atoms with Crippen LogP contribution in [0.15, 0.2) is 59.7 Å². The van der Waals surface area contributed by atoms with E-state index in [1.54, 1.807) is 6.20 Å². The van der Waals surface area contributed by atoms with E-state index in [4.69, 9.17) is 10.5 Å². The Morgan fingerprint density at radius 3 is 2.71 bits per heavy atom. The Kier molecular flexibility index (Phi) is 8.36. The third kappa shape index (κ3) is 7.74. The average Bonchev–Trinajstić information content (AvgIpc) is 2.63. The zero-order valence-electron chi connectivity index (χ0n) is 14.0. The summed E-state index contributed by atoms with van der Waals surface area (Å²) in [5.74, 6) is 0.496. The van der Waals surface area contributed by atoms with E-state index >= 15 is 0 Å². The summed E-state index contributed by atoms with van der Waals surface area (Å²) >= 11 is 0. The number of nitrogens with zero attached hydrogens (tertiary/aromatic N) is 2. The second-order valence-corrected chi connectivity index (χ2v) is 5.51. The van der Waals surface area contributed by atoms with Crippen molar-refractivity contribution in [2.45, 2.75) is 25.9 Å². The van der Waals surface area contributed by atoms with Crippen LogP contribution in [0, 0.1) is 0 Å². The molecule has 2 rings (SSSR count). The summed E-state index contributed by atoms with van der Waals surface area (Å²) in [5, 5.41) is 3.11. The summed E-state index contributed by atoms with van der Waals surface area (Å²) in [6.07, 6.45) is 4.59. The molecule has 1 aromatic carbocycles. The maximum atomic E-state index is 5.84. The molecule has 0 unspecified atom stereocenters. The van der Waals surface area contributed by atoms with Crippen LogP contribution in [0.25, 0.3) is 0 Å². The lowest BCUT2D eigenvalue weighted by Crippen LogP contribution is -2.33. The highest BCUT2D eigenvalue weighted by Crippen LogP contribution is 2.01. The second kappa shape index (κ2) is 11.2. The lowest BCUT2D eigenvalue weighted by atomic mass is 10.2. The number of ether oxygens (including phenoxy) is 1. The van der Waals surface area contributed by atoms with Crippen molar-refractivity contribution in [2.75, 3.05) is 19.7 Å². The van der Waals surface area contributed by atoms with Gasteiger partial charge in [0.2, 0.25) is 0 Å². The van der Waals surface area contributed by atoms with Gasteiger partial charge in [-0.3, -0.25) is 9.98 Å². The fourth-order valence-corrected chi connectivity index (χ4v) is 2.20. The first-order chi connectivity index (χ1) is 11.8. The molecule has 0 saturated heterocycles. The Morgan fingerprint density at radius 2 is 1.92 bits per heavy atom. The van der Waals surface area contributed by atoms with Gasteiger partial charge in [-0.25, -0.2) is 0 Å². The minimum Gasteiger partial charge on any atom is -0.377 e. The van der Waals surface area contributed by atoms with Crippen LogP contribution in [0.3, 0.4) is 0 Å². The zero-order chi connectivity index (χ0) is 16.9. The quantitative estimate of drug-likeness (QED) is 0.400. The fraction of sp³-hybridized carbons (Fsp3) is 0.368. The van der Waals surface area contributed by atoms with Gasteiger partial charge in [-0.2, -0.15) is 0 Å². The van der Waals surface area contributed by atoms with Crippen LogP contribution in [0.5, 0.6) is 0 Å². The molecular weight excluding hydrogens is 300 g/mol. The number of rotatable bonds is 10. The van der Waals surface area contributed by atoms with Crippen molar-refractivity contribution < 1.29 is 4.74 Å². The molecule has 0 spiro atoms. The van der Waals surface area contributed by atoms with Crippen molar-refractivity contribution in [1.82, 2.24) is 10.3 Å². The van der Waals surface area contributed by atoms with Gasteiger partial charge in [-0.1, -0.05) is 36.4 Å². The molecule has 0 amide bonds. The van der Waals surface area contributed by atoms with Gasteiger partial charge in [0.25, 0.3) is 0 Å². The zero-order valence-corrected chi connectivity index (χ0v) is 14.0. The van der Waals surface area contributed by atoms with Crippen molar-refractivity contribution in [3.05, 3.63) is 66.0 Å². The van der Waals surface area contributed by atoms with Gasteiger partial charge in [-0.15, -0.1) is 0 Å². The van der Waals surface area contributed by atoms with Gasteiger partial charge in [0, 0.05) is 38.0 Å². The van der Waals surface area contributed by atoms with Crippen molar-refractivity contribution in [3.63, 3.8) is 0 Å². The lowest BCUT2D eigenvalue weighted by Gasteiger charge is -2.06. The Hall–Kier alpha value is -2.40.